The molecule has 0 spiro atoms. The van der Waals surface area contributed by atoms with Gasteiger partial charge in [0, 0.05) is 37.2 Å². The maximum Gasteiger partial charge on any atom is 0.147 e. The largest absolute Gasteiger partial charge is 0.383 e. The summed E-state index contributed by atoms with van der Waals surface area (Å²) in [4.78, 5) is 11.2. The second-order valence-corrected chi connectivity index (χ2v) is 7.74. The zero-order valence-corrected chi connectivity index (χ0v) is 15.6. The van der Waals surface area contributed by atoms with E-state index in [1.807, 2.05) is 13.0 Å². The fraction of sp³-hybridized carbons (Fsp3) is 0.444. The molecule has 138 valence electrons. The van der Waals surface area contributed by atoms with Crippen LogP contribution in [-0.2, 0) is 4.74 Å². The fourth-order valence-corrected chi connectivity index (χ4v) is 4.98. The molecule has 0 bridgehead atoms. The molecule has 0 saturated carbocycles. The number of aromatic nitrogens is 1. The van der Waals surface area contributed by atoms with E-state index in [4.69, 9.17) is 10.5 Å². The van der Waals surface area contributed by atoms with Crippen LogP contribution < -0.4 is 5.73 Å². The molecule has 0 aliphatic carbocycles. The van der Waals surface area contributed by atoms with Gasteiger partial charge in [0.05, 0.1) is 16.6 Å². The number of ether oxygens (including phenoxy) is 1. The topological polar surface area (TPSA) is 79.0 Å². The Balaban J connectivity index is 1.71. The molecule has 2 saturated heterocycles. The maximum absolute atomic E-state index is 14.5. The first-order valence-electron chi connectivity index (χ1n) is 8.70. The Morgan fingerprint density at radius 3 is 3.12 bits per heavy atom. The fourth-order valence-electron chi connectivity index (χ4n) is 3.84. The van der Waals surface area contributed by atoms with Gasteiger partial charge in [0.15, 0.2) is 0 Å². The van der Waals surface area contributed by atoms with Crippen LogP contribution in [0.2, 0.25) is 0 Å². The second-order valence-electron chi connectivity index (χ2n) is 6.65. The number of benzene rings is 1. The summed E-state index contributed by atoms with van der Waals surface area (Å²) in [6.45, 7) is 3.63. The molecule has 2 aromatic rings. The number of aryl methyl sites for hydroxylation is 1. The molecule has 1 aromatic carbocycles. The van der Waals surface area contributed by atoms with Gasteiger partial charge in [0.25, 0.3) is 0 Å². The highest BCUT2D eigenvalue weighted by Gasteiger charge is 2.39. The van der Waals surface area contributed by atoms with Crippen molar-refractivity contribution in [1.29, 1.82) is 0 Å². The average molecular weight is 375 g/mol. The molecule has 4 rings (SSSR count). The Kier molecular flexibility index (Phi) is 4.73. The monoisotopic (exact) mass is 375 g/mol. The van der Waals surface area contributed by atoms with Gasteiger partial charge < -0.3 is 15.5 Å². The number of amidine groups is 1. The molecule has 1 unspecified atom stereocenters. The zero-order valence-electron chi connectivity index (χ0n) is 14.8. The highest BCUT2D eigenvalue weighted by atomic mass is 32.2. The third-order valence-electron chi connectivity index (χ3n) is 5.00. The molecule has 6 nitrogen and oxygen atoms in total. The third kappa shape index (κ3) is 3.02. The SMILES string of the molecule is CN=CN=C(N)c1c(C)cc(F)c2[nH]c(SN3CCC4OCC[C@H]43)cc12. The Morgan fingerprint density at radius 2 is 2.31 bits per heavy atom. The Labute approximate surface area is 155 Å². The molecule has 2 aliphatic heterocycles. The predicted octanol–water partition coefficient (Wildman–Crippen LogP) is 2.85. The first-order chi connectivity index (χ1) is 12.6. The number of hydrogen-bond acceptors (Lipinski definition) is 4. The molecule has 0 amide bonds. The third-order valence-corrected chi connectivity index (χ3v) is 6.11. The molecule has 2 fully saturated rings. The van der Waals surface area contributed by atoms with Crippen LogP contribution in [0.3, 0.4) is 0 Å². The summed E-state index contributed by atoms with van der Waals surface area (Å²) in [7, 11) is 1.63. The van der Waals surface area contributed by atoms with Gasteiger partial charge >= 0.3 is 0 Å². The van der Waals surface area contributed by atoms with E-state index >= 15 is 0 Å². The summed E-state index contributed by atoms with van der Waals surface area (Å²) in [5.41, 5.74) is 8.08. The molecule has 0 radical (unpaired) electrons. The summed E-state index contributed by atoms with van der Waals surface area (Å²) in [5.74, 6) is 0.0487. The van der Waals surface area contributed by atoms with E-state index in [0.717, 1.165) is 47.5 Å². The number of rotatable bonds is 4. The summed E-state index contributed by atoms with van der Waals surface area (Å²) in [6.07, 6.45) is 3.83. The van der Waals surface area contributed by atoms with Crippen molar-refractivity contribution in [1.82, 2.24) is 9.29 Å². The summed E-state index contributed by atoms with van der Waals surface area (Å²) in [6, 6.07) is 3.88. The number of aliphatic imine (C=N–C) groups is 2. The molecule has 3 N–H and O–H groups in total. The van der Waals surface area contributed by atoms with Crippen molar-refractivity contribution in [3.8, 4) is 0 Å². The highest BCUT2D eigenvalue weighted by Crippen LogP contribution is 2.38. The number of nitrogens with two attached hydrogens (primary N) is 1. The minimum Gasteiger partial charge on any atom is -0.383 e. The van der Waals surface area contributed by atoms with E-state index in [-0.39, 0.29) is 5.82 Å². The predicted molar refractivity (Wildman–Crippen MR) is 103 cm³/mol. The van der Waals surface area contributed by atoms with Crippen molar-refractivity contribution in [2.24, 2.45) is 15.7 Å². The van der Waals surface area contributed by atoms with Crippen molar-refractivity contribution in [2.75, 3.05) is 20.2 Å². The maximum atomic E-state index is 14.5. The smallest absolute Gasteiger partial charge is 0.147 e. The molecule has 3 heterocycles. The Bertz CT molecular complexity index is 893. The van der Waals surface area contributed by atoms with Crippen LogP contribution in [0.4, 0.5) is 4.39 Å². The second kappa shape index (κ2) is 7.02. The number of hydrogen-bond donors (Lipinski definition) is 2. The van der Waals surface area contributed by atoms with Gasteiger partial charge in [-0.1, -0.05) is 0 Å². The number of nitrogens with zero attached hydrogens (tertiary/aromatic N) is 3. The van der Waals surface area contributed by atoms with E-state index in [1.165, 1.54) is 12.4 Å². The van der Waals surface area contributed by atoms with Gasteiger partial charge in [-0.2, -0.15) is 0 Å². The lowest BCUT2D eigenvalue weighted by Gasteiger charge is -2.19. The van der Waals surface area contributed by atoms with Gasteiger partial charge in [0.1, 0.15) is 18.0 Å². The zero-order chi connectivity index (χ0) is 18.3. The van der Waals surface area contributed by atoms with Gasteiger partial charge in [0.2, 0.25) is 0 Å². The molecular formula is C18H22FN5OS. The lowest BCUT2D eigenvalue weighted by atomic mass is 10.0. The van der Waals surface area contributed by atoms with E-state index in [2.05, 4.69) is 19.3 Å². The number of H-pyrrole nitrogens is 1. The standard InChI is InChI=1S/C18H22FN5OS/c1-10-7-12(19)17-11(16(10)18(20)22-9-21-2)8-15(23-17)26-24-5-3-14-13(24)4-6-25-14/h7-9,13-14,23H,3-6H2,1-2H3,(H2,20,21,22)/t13-,14?/m1/s1. The minimum atomic E-state index is -0.284. The minimum absolute atomic E-state index is 0.284. The highest BCUT2D eigenvalue weighted by molar-refractivity contribution is 7.97. The van der Waals surface area contributed by atoms with E-state index in [0.29, 0.717) is 23.5 Å². The van der Waals surface area contributed by atoms with Gasteiger partial charge in [-0.05, 0) is 49.4 Å². The first-order valence-corrected chi connectivity index (χ1v) is 9.48. The molecule has 26 heavy (non-hydrogen) atoms. The lowest BCUT2D eigenvalue weighted by Crippen LogP contribution is -2.26. The van der Waals surface area contributed by atoms with Crippen LogP contribution in [0.25, 0.3) is 10.9 Å². The van der Waals surface area contributed by atoms with E-state index in [1.54, 1.807) is 19.0 Å². The number of fused-ring (bicyclic) bond motifs is 2. The average Bonchev–Trinajstić information content (AvgIpc) is 3.30. The van der Waals surface area contributed by atoms with Crippen LogP contribution in [0.5, 0.6) is 0 Å². The van der Waals surface area contributed by atoms with Gasteiger partial charge in [-0.15, -0.1) is 0 Å². The quantitative estimate of drug-likeness (QED) is 0.489. The summed E-state index contributed by atoms with van der Waals surface area (Å²) in [5, 5.41) is 1.64. The van der Waals surface area contributed by atoms with Crippen molar-refractivity contribution >= 4 is 35.0 Å². The molecule has 2 aliphatic rings. The van der Waals surface area contributed by atoms with Crippen LogP contribution in [0.1, 0.15) is 24.0 Å². The molecular weight excluding hydrogens is 353 g/mol. The normalized spacial score (nSPS) is 24.2. The lowest BCUT2D eigenvalue weighted by molar-refractivity contribution is 0.110. The number of halogens is 1. The number of nitrogens with one attached hydrogen (secondary N) is 1. The Hall–Kier alpha value is -1.90. The van der Waals surface area contributed by atoms with Crippen LogP contribution in [0, 0.1) is 12.7 Å². The molecule has 1 aromatic heterocycles. The molecule has 2 atom stereocenters. The van der Waals surface area contributed by atoms with Gasteiger partial charge in [-0.3, -0.25) is 4.99 Å². The van der Waals surface area contributed by atoms with Crippen molar-refractivity contribution < 1.29 is 9.13 Å². The van der Waals surface area contributed by atoms with Crippen LogP contribution in [-0.4, -0.2) is 53.8 Å². The van der Waals surface area contributed by atoms with E-state index < -0.39 is 0 Å². The van der Waals surface area contributed by atoms with Crippen LogP contribution >= 0.6 is 11.9 Å². The summed E-state index contributed by atoms with van der Waals surface area (Å²) >= 11 is 1.63. The first kappa shape index (κ1) is 17.5. The Morgan fingerprint density at radius 1 is 1.46 bits per heavy atom. The number of aromatic amines is 1. The summed E-state index contributed by atoms with van der Waals surface area (Å²) < 4.78 is 22.6. The van der Waals surface area contributed by atoms with Crippen LogP contribution in [0.15, 0.2) is 27.1 Å². The van der Waals surface area contributed by atoms with Crippen molar-refractivity contribution in [2.45, 2.75) is 36.9 Å². The van der Waals surface area contributed by atoms with Crippen molar-refractivity contribution in [3.63, 3.8) is 0 Å². The van der Waals surface area contributed by atoms with E-state index in [9.17, 15) is 4.39 Å². The van der Waals surface area contributed by atoms with Gasteiger partial charge in [-0.25, -0.2) is 13.7 Å². The van der Waals surface area contributed by atoms with Crippen molar-refractivity contribution in [3.05, 3.63) is 29.1 Å². The molecule has 8 heteroatoms.